The zero-order valence-electron chi connectivity index (χ0n) is 10.3. The van der Waals surface area contributed by atoms with Gasteiger partial charge in [0.2, 0.25) is 0 Å². The van der Waals surface area contributed by atoms with Crippen LogP contribution >= 0.6 is 11.3 Å². The third kappa shape index (κ3) is 5.58. The molecule has 92 valence electrons. The van der Waals surface area contributed by atoms with E-state index in [0.717, 1.165) is 36.8 Å². The predicted molar refractivity (Wildman–Crippen MR) is 68.7 cm³/mol. The van der Waals surface area contributed by atoms with Gasteiger partial charge < -0.3 is 10.1 Å². The van der Waals surface area contributed by atoms with Crippen molar-refractivity contribution in [1.29, 1.82) is 0 Å². The molecule has 0 aromatic carbocycles. The molecule has 0 atom stereocenters. The minimum atomic E-state index is 0.659. The van der Waals surface area contributed by atoms with E-state index in [-0.39, 0.29) is 0 Å². The molecule has 0 unspecified atom stereocenters. The summed E-state index contributed by atoms with van der Waals surface area (Å²) in [6.07, 6.45) is 3.65. The van der Waals surface area contributed by atoms with Crippen LogP contribution in [0.5, 0.6) is 0 Å². The number of rotatable bonds is 9. The van der Waals surface area contributed by atoms with Gasteiger partial charge in [0.05, 0.1) is 12.3 Å². The van der Waals surface area contributed by atoms with Crippen LogP contribution in [0.1, 0.15) is 43.8 Å². The topological polar surface area (TPSA) is 34.1 Å². The number of unbranched alkanes of at least 4 members (excludes halogenated alkanes) is 2. The molecule has 16 heavy (non-hydrogen) atoms. The lowest BCUT2D eigenvalue weighted by Crippen LogP contribution is -2.11. The summed E-state index contributed by atoms with van der Waals surface area (Å²) in [5, 5.41) is 6.51. The lowest BCUT2D eigenvalue weighted by molar-refractivity contribution is 0.115. The number of hydrogen-bond acceptors (Lipinski definition) is 4. The van der Waals surface area contributed by atoms with Crippen molar-refractivity contribution in [3.63, 3.8) is 0 Å². The maximum Gasteiger partial charge on any atom is 0.107 e. The van der Waals surface area contributed by atoms with Gasteiger partial charge >= 0.3 is 0 Å². The van der Waals surface area contributed by atoms with Crippen LogP contribution in [0.25, 0.3) is 0 Å². The first-order valence-corrected chi connectivity index (χ1v) is 6.96. The molecule has 0 radical (unpaired) electrons. The van der Waals surface area contributed by atoms with Crippen molar-refractivity contribution < 1.29 is 4.74 Å². The van der Waals surface area contributed by atoms with E-state index in [9.17, 15) is 0 Å². The highest BCUT2D eigenvalue weighted by molar-refractivity contribution is 7.09. The second-order valence-corrected chi connectivity index (χ2v) is 4.72. The van der Waals surface area contributed by atoms with Gasteiger partial charge in [0, 0.05) is 18.5 Å². The zero-order chi connectivity index (χ0) is 11.6. The minimum absolute atomic E-state index is 0.659. The summed E-state index contributed by atoms with van der Waals surface area (Å²) in [7, 11) is 0. The van der Waals surface area contributed by atoms with Gasteiger partial charge in [0.15, 0.2) is 0 Å². The molecule has 3 nitrogen and oxygen atoms in total. The summed E-state index contributed by atoms with van der Waals surface area (Å²) < 4.78 is 5.56. The molecular weight excluding hydrogens is 220 g/mol. The lowest BCUT2D eigenvalue weighted by atomic mass is 10.3. The Kier molecular flexibility index (Phi) is 7.38. The highest BCUT2D eigenvalue weighted by Gasteiger charge is 2.01. The molecule has 0 saturated heterocycles. The first kappa shape index (κ1) is 13.6. The van der Waals surface area contributed by atoms with Crippen LogP contribution < -0.4 is 5.32 Å². The molecule has 0 aliphatic carbocycles. The van der Waals surface area contributed by atoms with E-state index in [1.165, 1.54) is 12.8 Å². The van der Waals surface area contributed by atoms with E-state index in [1.807, 2.05) is 0 Å². The summed E-state index contributed by atoms with van der Waals surface area (Å²) in [5.41, 5.74) is 1.06. The summed E-state index contributed by atoms with van der Waals surface area (Å²) >= 11 is 1.70. The van der Waals surface area contributed by atoms with Crippen molar-refractivity contribution in [2.24, 2.45) is 0 Å². The minimum Gasteiger partial charge on any atom is -0.375 e. The van der Waals surface area contributed by atoms with Crippen LogP contribution in [0.3, 0.4) is 0 Å². The Morgan fingerprint density at radius 1 is 1.38 bits per heavy atom. The van der Waals surface area contributed by atoms with Gasteiger partial charge in [-0.3, -0.25) is 0 Å². The van der Waals surface area contributed by atoms with Crippen molar-refractivity contribution in [3.05, 3.63) is 16.1 Å². The Labute approximate surface area is 102 Å². The fourth-order valence-corrected chi connectivity index (χ4v) is 2.11. The van der Waals surface area contributed by atoms with Crippen LogP contribution in [0, 0.1) is 0 Å². The number of aromatic nitrogens is 1. The van der Waals surface area contributed by atoms with E-state index in [2.05, 4.69) is 29.5 Å². The van der Waals surface area contributed by atoms with Crippen molar-refractivity contribution in [3.8, 4) is 0 Å². The van der Waals surface area contributed by atoms with Crippen molar-refractivity contribution >= 4 is 11.3 Å². The van der Waals surface area contributed by atoms with E-state index in [1.54, 1.807) is 11.3 Å². The number of nitrogens with one attached hydrogen (secondary N) is 1. The molecule has 0 fully saturated rings. The van der Waals surface area contributed by atoms with E-state index < -0.39 is 0 Å². The quantitative estimate of drug-likeness (QED) is 0.676. The van der Waals surface area contributed by atoms with Gasteiger partial charge in [-0.25, -0.2) is 4.98 Å². The highest BCUT2D eigenvalue weighted by atomic mass is 32.1. The Morgan fingerprint density at radius 2 is 2.25 bits per heavy atom. The molecule has 0 spiro atoms. The largest absolute Gasteiger partial charge is 0.375 e. The van der Waals surface area contributed by atoms with Crippen molar-refractivity contribution in [2.75, 3.05) is 13.2 Å². The molecule has 0 aliphatic rings. The average Bonchev–Trinajstić information content (AvgIpc) is 2.74. The van der Waals surface area contributed by atoms with Gasteiger partial charge in [-0.2, -0.15) is 0 Å². The second kappa shape index (κ2) is 8.67. The van der Waals surface area contributed by atoms with E-state index in [4.69, 9.17) is 4.74 Å². The number of ether oxygens (including phenoxy) is 1. The van der Waals surface area contributed by atoms with Crippen LogP contribution in [-0.4, -0.2) is 18.1 Å². The first-order valence-electron chi connectivity index (χ1n) is 6.08. The van der Waals surface area contributed by atoms with Crippen molar-refractivity contribution in [2.45, 2.75) is 46.3 Å². The summed E-state index contributed by atoms with van der Waals surface area (Å²) in [5.74, 6) is 0. The zero-order valence-corrected chi connectivity index (χ0v) is 11.1. The first-order chi connectivity index (χ1) is 7.86. The normalized spacial score (nSPS) is 10.9. The number of thiazole rings is 1. The molecule has 1 rings (SSSR count). The van der Waals surface area contributed by atoms with Gasteiger partial charge in [-0.05, 0) is 13.0 Å². The van der Waals surface area contributed by atoms with Gasteiger partial charge in [-0.1, -0.05) is 26.7 Å². The average molecular weight is 242 g/mol. The highest BCUT2D eigenvalue weighted by Crippen LogP contribution is 2.10. The summed E-state index contributed by atoms with van der Waals surface area (Å²) in [6.45, 7) is 7.68. The van der Waals surface area contributed by atoms with Crippen LogP contribution in [0.4, 0.5) is 0 Å². The monoisotopic (exact) mass is 242 g/mol. The fourth-order valence-electron chi connectivity index (χ4n) is 1.36. The maximum atomic E-state index is 5.56. The second-order valence-electron chi connectivity index (χ2n) is 3.77. The molecule has 1 heterocycles. The summed E-state index contributed by atoms with van der Waals surface area (Å²) in [4.78, 5) is 4.50. The Balaban J connectivity index is 2.14. The molecule has 0 amide bonds. The van der Waals surface area contributed by atoms with Crippen molar-refractivity contribution in [1.82, 2.24) is 10.3 Å². The third-order valence-electron chi connectivity index (χ3n) is 2.27. The lowest BCUT2D eigenvalue weighted by Gasteiger charge is -2.00. The third-order valence-corrected chi connectivity index (χ3v) is 3.17. The van der Waals surface area contributed by atoms with Crippen LogP contribution in [0.2, 0.25) is 0 Å². The van der Waals surface area contributed by atoms with Gasteiger partial charge in [0.1, 0.15) is 5.01 Å². The molecular formula is C12H22N2OS. The molecule has 1 aromatic rings. The van der Waals surface area contributed by atoms with E-state index in [0.29, 0.717) is 6.61 Å². The molecule has 0 aliphatic heterocycles. The Bertz CT molecular complexity index is 276. The Morgan fingerprint density at radius 3 is 3.00 bits per heavy atom. The number of hydrogen-bond donors (Lipinski definition) is 1. The SMILES string of the molecule is CCCCCOCc1csc(CNCC)n1. The molecule has 4 heteroatoms. The molecule has 0 saturated carbocycles. The van der Waals surface area contributed by atoms with Gasteiger partial charge in [0.25, 0.3) is 0 Å². The molecule has 0 bridgehead atoms. The summed E-state index contributed by atoms with van der Waals surface area (Å²) in [6, 6.07) is 0. The van der Waals surface area contributed by atoms with Crippen LogP contribution in [-0.2, 0) is 17.9 Å². The standard InChI is InChI=1S/C12H22N2OS/c1-3-5-6-7-15-9-11-10-16-12(14-11)8-13-4-2/h10,13H,3-9H2,1-2H3. The molecule has 1 N–H and O–H groups in total. The smallest absolute Gasteiger partial charge is 0.107 e. The predicted octanol–water partition coefficient (Wildman–Crippen LogP) is 2.96. The van der Waals surface area contributed by atoms with E-state index >= 15 is 0 Å². The maximum absolute atomic E-state index is 5.56. The number of nitrogens with zero attached hydrogens (tertiary/aromatic N) is 1. The van der Waals surface area contributed by atoms with Gasteiger partial charge in [-0.15, -0.1) is 11.3 Å². The van der Waals surface area contributed by atoms with Crippen LogP contribution in [0.15, 0.2) is 5.38 Å². The fraction of sp³-hybridized carbons (Fsp3) is 0.750. The molecule has 1 aromatic heterocycles. The Hall–Kier alpha value is -0.450.